The van der Waals surface area contributed by atoms with Crippen LogP contribution in [0.1, 0.15) is 47.0 Å². The van der Waals surface area contributed by atoms with Crippen molar-refractivity contribution in [2.75, 3.05) is 18.8 Å². The Hall–Kier alpha value is -0.620. The number of carboxylic acid groups (broad SMARTS) is 1. The van der Waals surface area contributed by atoms with Crippen molar-refractivity contribution in [2.24, 2.45) is 17.3 Å². The third-order valence-electron chi connectivity index (χ3n) is 4.06. The Morgan fingerprint density at radius 1 is 1.35 bits per heavy atom. The normalized spacial score (nSPS) is 24.7. The van der Waals surface area contributed by atoms with Gasteiger partial charge in [0.2, 0.25) is 10.0 Å². The zero-order chi connectivity index (χ0) is 15.6. The highest BCUT2D eigenvalue weighted by atomic mass is 32.2. The SMILES string of the molecule is CC1CN(CCC(CCC(=O)O)C(C)(C)C)S(=O)(=O)C1. The number of sulfonamides is 1. The average molecular weight is 305 g/mol. The van der Waals surface area contributed by atoms with Gasteiger partial charge in [-0.25, -0.2) is 12.7 Å². The van der Waals surface area contributed by atoms with Gasteiger partial charge in [-0.2, -0.15) is 0 Å². The van der Waals surface area contributed by atoms with Gasteiger partial charge in [0.15, 0.2) is 0 Å². The summed E-state index contributed by atoms with van der Waals surface area (Å²) < 4.78 is 25.4. The molecule has 1 rings (SSSR count). The third kappa shape index (κ3) is 5.05. The van der Waals surface area contributed by atoms with E-state index in [1.54, 1.807) is 4.31 Å². The fraction of sp³-hybridized carbons (Fsp3) is 0.929. The number of carboxylic acids is 1. The smallest absolute Gasteiger partial charge is 0.303 e. The van der Waals surface area contributed by atoms with Crippen LogP contribution in [-0.2, 0) is 14.8 Å². The molecule has 0 amide bonds. The summed E-state index contributed by atoms with van der Waals surface area (Å²) in [7, 11) is -3.09. The Labute approximate surface area is 122 Å². The van der Waals surface area contributed by atoms with Crippen LogP contribution in [-0.4, -0.2) is 42.6 Å². The van der Waals surface area contributed by atoms with Crippen molar-refractivity contribution in [3.05, 3.63) is 0 Å². The van der Waals surface area contributed by atoms with Crippen molar-refractivity contribution in [3.8, 4) is 0 Å². The molecule has 1 aliphatic rings. The molecule has 0 aromatic carbocycles. The van der Waals surface area contributed by atoms with Gasteiger partial charge in [0.25, 0.3) is 0 Å². The van der Waals surface area contributed by atoms with Gasteiger partial charge in [-0.3, -0.25) is 4.79 Å². The molecule has 2 unspecified atom stereocenters. The molecule has 0 spiro atoms. The first kappa shape index (κ1) is 17.4. The first-order valence-corrected chi connectivity index (χ1v) is 8.83. The summed E-state index contributed by atoms with van der Waals surface area (Å²) in [4.78, 5) is 10.7. The van der Waals surface area contributed by atoms with Gasteiger partial charge in [-0.05, 0) is 30.1 Å². The minimum absolute atomic E-state index is 0.00937. The molecule has 5 nitrogen and oxygen atoms in total. The van der Waals surface area contributed by atoms with Gasteiger partial charge in [0, 0.05) is 19.5 Å². The minimum Gasteiger partial charge on any atom is -0.481 e. The summed E-state index contributed by atoms with van der Waals surface area (Å²) in [6.07, 6.45) is 1.47. The Morgan fingerprint density at radius 2 is 1.95 bits per heavy atom. The van der Waals surface area contributed by atoms with Crippen LogP contribution in [0.5, 0.6) is 0 Å². The predicted molar refractivity (Wildman–Crippen MR) is 79.0 cm³/mol. The van der Waals surface area contributed by atoms with Crippen molar-refractivity contribution >= 4 is 16.0 Å². The number of nitrogens with zero attached hydrogens (tertiary/aromatic N) is 1. The first-order valence-electron chi connectivity index (χ1n) is 7.22. The lowest BCUT2D eigenvalue weighted by atomic mass is 9.76. The molecule has 0 bridgehead atoms. The van der Waals surface area contributed by atoms with Crippen LogP contribution in [0.4, 0.5) is 0 Å². The summed E-state index contributed by atoms with van der Waals surface area (Å²) in [5, 5.41) is 8.82. The quantitative estimate of drug-likeness (QED) is 0.816. The summed E-state index contributed by atoms with van der Waals surface area (Å²) in [6.45, 7) is 9.30. The predicted octanol–water partition coefficient (Wildman–Crippen LogP) is 2.19. The Morgan fingerprint density at radius 3 is 2.35 bits per heavy atom. The molecule has 1 N–H and O–H groups in total. The molecule has 0 aliphatic carbocycles. The van der Waals surface area contributed by atoms with Gasteiger partial charge in [-0.1, -0.05) is 27.7 Å². The van der Waals surface area contributed by atoms with Crippen molar-refractivity contribution in [1.29, 1.82) is 0 Å². The van der Waals surface area contributed by atoms with Crippen molar-refractivity contribution < 1.29 is 18.3 Å². The Kier molecular flexibility index (Phi) is 5.61. The van der Waals surface area contributed by atoms with E-state index in [1.807, 2.05) is 6.92 Å². The lowest BCUT2D eigenvalue weighted by Crippen LogP contribution is -2.31. The lowest BCUT2D eigenvalue weighted by Gasteiger charge is -2.31. The molecule has 0 aromatic rings. The van der Waals surface area contributed by atoms with E-state index in [4.69, 9.17) is 5.11 Å². The number of rotatable bonds is 6. The van der Waals surface area contributed by atoms with E-state index < -0.39 is 16.0 Å². The van der Waals surface area contributed by atoms with E-state index in [0.717, 1.165) is 6.42 Å². The highest BCUT2D eigenvalue weighted by molar-refractivity contribution is 7.89. The molecule has 1 aliphatic heterocycles. The summed E-state index contributed by atoms with van der Waals surface area (Å²) in [5.74, 6) is -0.152. The van der Waals surface area contributed by atoms with Gasteiger partial charge >= 0.3 is 5.97 Å². The number of hydrogen-bond donors (Lipinski definition) is 1. The lowest BCUT2D eigenvalue weighted by molar-refractivity contribution is -0.137. The molecule has 1 saturated heterocycles. The van der Waals surface area contributed by atoms with E-state index in [-0.39, 0.29) is 29.4 Å². The first-order chi connectivity index (χ1) is 9.02. The topological polar surface area (TPSA) is 74.7 Å². The molecule has 118 valence electrons. The molecule has 1 heterocycles. The van der Waals surface area contributed by atoms with Gasteiger partial charge < -0.3 is 5.11 Å². The maximum Gasteiger partial charge on any atom is 0.303 e. The van der Waals surface area contributed by atoms with Crippen LogP contribution in [0.25, 0.3) is 0 Å². The highest BCUT2D eigenvalue weighted by Crippen LogP contribution is 2.33. The van der Waals surface area contributed by atoms with Gasteiger partial charge in [0.05, 0.1) is 5.75 Å². The molecule has 0 saturated carbocycles. The third-order valence-corrected chi connectivity index (χ3v) is 6.17. The molecule has 1 fully saturated rings. The van der Waals surface area contributed by atoms with Gasteiger partial charge in [-0.15, -0.1) is 0 Å². The number of aliphatic carboxylic acids is 1. The fourth-order valence-electron chi connectivity index (χ4n) is 2.82. The van der Waals surface area contributed by atoms with E-state index in [1.165, 1.54) is 0 Å². The molecule has 20 heavy (non-hydrogen) atoms. The second-order valence-corrected chi connectivity index (χ2v) is 9.04. The molecule has 6 heteroatoms. The van der Waals surface area contributed by atoms with Crippen LogP contribution in [0, 0.1) is 17.3 Å². The van der Waals surface area contributed by atoms with E-state index in [0.29, 0.717) is 19.5 Å². The molecule has 0 aromatic heterocycles. The van der Waals surface area contributed by atoms with E-state index in [9.17, 15) is 13.2 Å². The summed E-state index contributed by atoms with van der Waals surface area (Å²) >= 11 is 0. The second kappa shape index (κ2) is 6.43. The summed E-state index contributed by atoms with van der Waals surface area (Å²) in [5.41, 5.74) is -0.00937. The van der Waals surface area contributed by atoms with E-state index in [2.05, 4.69) is 20.8 Å². The van der Waals surface area contributed by atoms with Crippen LogP contribution in [0.3, 0.4) is 0 Å². The zero-order valence-corrected chi connectivity index (χ0v) is 13.7. The Balaban J connectivity index is 2.61. The summed E-state index contributed by atoms with van der Waals surface area (Å²) in [6, 6.07) is 0. The molecular formula is C14H27NO4S. The number of carbonyl (C=O) groups is 1. The van der Waals surface area contributed by atoms with Crippen molar-refractivity contribution in [2.45, 2.75) is 47.0 Å². The maximum atomic E-state index is 11.9. The second-order valence-electron chi connectivity index (χ2n) is 7.03. The highest BCUT2D eigenvalue weighted by Gasteiger charge is 2.34. The van der Waals surface area contributed by atoms with Crippen LogP contribution < -0.4 is 0 Å². The fourth-order valence-corrected chi connectivity index (χ4v) is 4.72. The molecule has 0 radical (unpaired) electrons. The van der Waals surface area contributed by atoms with Crippen LogP contribution in [0.2, 0.25) is 0 Å². The zero-order valence-electron chi connectivity index (χ0n) is 12.9. The van der Waals surface area contributed by atoms with Crippen LogP contribution in [0.15, 0.2) is 0 Å². The minimum atomic E-state index is -3.09. The van der Waals surface area contributed by atoms with Gasteiger partial charge in [0.1, 0.15) is 0 Å². The van der Waals surface area contributed by atoms with E-state index >= 15 is 0 Å². The number of hydrogen-bond acceptors (Lipinski definition) is 3. The Bertz CT molecular complexity index is 439. The maximum absolute atomic E-state index is 11.9. The monoisotopic (exact) mass is 305 g/mol. The average Bonchev–Trinajstić information content (AvgIpc) is 2.49. The van der Waals surface area contributed by atoms with Crippen molar-refractivity contribution in [1.82, 2.24) is 4.31 Å². The van der Waals surface area contributed by atoms with Crippen LogP contribution >= 0.6 is 0 Å². The van der Waals surface area contributed by atoms with Crippen molar-refractivity contribution in [3.63, 3.8) is 0 Å². The standard InChI is InChI=1S/C14H27NO4S/c1-11-9-15(20(18,19)10-11)8-7-12(14(2,3)4)5-6-13(16)17/h11-12H,5-10H2,1-4H3,(H,16,17). The molecule has 2 atom stereocenters. The molecular weight excluding hydrogens is 278 g/mol. The largest absolute Gasteiger partial charge is 0.481 e.